The maximum atomic E-state index is 11.5. The standard InChI is InChI=1S/C19H26N2O3S2Si/c1-18(2,3)27(6,7)24-11-8-9-12-13(10-11)25-15(20-12)16-21-14(17(22)23)19(4,5)26-16/h8-10,14H,1-7H3,(H,22,23). The Hall–Kier alpha value is -1.38. The summed E-state index contributed by atoms with van der Waals surface area (Å²) < 4.78 is 6.95. The van der Waals surface area contributed by atoms with Gasteiger partial charge in [0.1, 0.15) is 15.8 Å². The smallest absolute Gasteiger partial charge is 0.329 e. The lowest BCUT2D eigenvalue weighted by Crippen LogP contribution is -2.43. The fraction of sp³-hybridized carbons (Fsp3) is 0.526. The van der Waals surface area contributed by atoms with Gasteiger partial charge in [0.15, 0.2) is 6.04 Å². The number of rotatable bonds is 4. The predicted octanol–water partition coefficient (Wildman–Crippen LogP) is 5.41. The van der Waals surface area contributed by atoms with E-state index in [1.165, 1.54) is 23.1 Å². The Balaban J connectivity index is 1.91. The maximum Gasteiger partial charge on any atom is 0.329 e. The molecular formula is C19H26N2O3S2Si. The summed E-state index contributed by atoms with van der Waals surface area (Å²) in [5.74, 6) is -0.0253. The summed E-state index contributed by atoms with van der Waals surface area (Å²) in [4.78, 5) is 20.6. The van der Waals surface area contributed by atoms with E-state index in [0.717, 1.165) is 21.0 Å². The van der Waals surface area contributed by atoms with Gasteiger partial charge in [0.05, 0.1) is 10.2 Å². The second kappa shape index (κ2) is 6.60. The first-order valence-electron chi connectivity index (χ1n) is 8.90. The molecule has 0 saturated heterocycles. The largest absolute Gasteiger partial charge is 0.543 e. The van der Waals surface area contributed by atoms with E-state index < -0.39 is 25.1 Å². The fourth-order valence-electron chi connectivity index (χ4n) is 2.56. The summed E-state index contributed by atoms with van der Waals surface area (Å²) in [5, 5.41) is 11.0. The zero-order valence-corrected chi connectivity index (χ0v) is 19.4. The average Bonchev–Trinajstić information content (AvgIpc) is 3.05. The highest BCUT2D eigenvalue weighted by molar-refractivity contribution is 8.16. The Morgan fingerprint density at radius 2 is 1.96 bits per heavy atom. The van der Waals surface area contributed by atoms with Gasteiger partial charge in [-0.1, -0.05) is 32.5 Å². The van der Waals surface area contributed by atoms with Crippen LogP contribution in [0.15, 0.2) is 23.2 Å². The molecule has 5 nitrogen and oxygen atoms in total. The SMILES string of the molecule is CC1(C)SC(c2nc3ccc(O[Si](C)(C)C(C)(C)C)cc3s2)=NC1C(=O)O. The molecule has 27 heavy (non-hydrogen) atoms. The number of fused-ring (bicyclic) bond motifs is 1. The lowest BCUT2D eigenvalue weighted by Gasteiger charge is -2.36. The molecule has 0 aliphatic carbocycles. The molecule has 1 aliphatic heterocycles. The molecule has 3 rings (SSSR count). The van der Waals surface area contributed by atoms with Crippen molar-refractivity contribution < 1.29 is 14.3 Å². The molecule has 2 heterocycles. The number of hydrogen-bond donors (Lipinski definition) is 1. The van der Waals surface area contributed by atoms with Crippen molar-refractivity contribution in [2.75, 3.05) is 0 Å². The number of thiazole rings is 1. The van der Waals surface area contributed by atoms with Crippen LogP contribution in [-0.2, 0) is 4.79 Å². The van der Waals surface area contributed by atoms with Gasteiger partial charge in [0.2, 0.25) is 8.32 Å². The third-order valence-corrected chi connectivity index (χ3v) is 12.0. The summed E-state index contributed by atoms with van der Waals surface area (Å²) in [7, 11) is -1.90. The van der Waals surface area contributed by atoms with E-state index >= 15 is 0 Å². The number of carboxylic acid groups (broad SMARTS) is 1. The van der Waals surface area contributed by atoms with Crippen molar-refractivity contribution in [2.24, 2.45) is 4.99 Å². The molecule has 0 spiro atoms. The van der Waals surface area contributed by atoms with Crippen molar-refractivity contribution in [1.29, 1.82) is 0 Å². The molecule has 1 N–H and O–H groups in total. The van der Waals surface area contributed by atoms with Crippen LogP contribution >= 0.6 is 23.1 Å². The number of aliphatic imine (C=N–C) groups is 1. The molecule has 0 amide bonds. The highest BCUT2D eigenvalue weighted by Crippen LogP contribution is 2.42. The van der Waals surface area contributed by atoms with Gasteiger partial charge in [-0.05, 0) is 50.2 Å². The van der Waals surface area contributed by atoms with Crippen molar-refractivity contribution in [3.8, 4) is 5.75 Å². The number of aromatic nitrogens is 1. The molecule has 0 saturated carbocycles. The van der Waals surface area contributed by atoms with Gasteiger partial charge < -0.3 is 9.53 Å². The molecule has 0 bridgehead atoms. The maximum absolute atomic E-state index is 11.5. The van der Waals surface area contributed by atoms with Crippen molar-refractivity contribution in [3.05, 3.63) is 23.2 Å². The van der Waals surface area contributed by atoms with Gasteiger partial charge in [0, 0.05) is 4.75 Å². The number of hydrogen-bond acceptors (Lipinski definition) is 6. The number of benzene rings is 1. The summed E-state index contributed by atoms with van der Waals surface area (Å²) in [5.41, 5.74) is 0.887. The first-order chi connectivity index (χ1) is 12.3. The topological polar surface area (TPSA) is 71.8 Å². The molecule has 0 fully saturated rings. The Bertz CT molecular complexity index is 929. The third kappa shape index (κ3) is 3.93. The van der Waals surface area contributed by atoms with Crippen LogP contribution in [-0.4, -0.2) is 40.2 Å². The molecular weight excluding hydrogens is 396 g/mol. The Labute approximate surface area is 169 Å². The molecule has 1 aliphatic rings. The Morgan fingerprint density at radius 1 is 1.30 bits per heavy atom. The lowest BCUT2D eigenvalue weighted by molar-refractivity contribution is -0.138. The molecule has 2 aromatic rings. The monoisotopic (exact) mass is 422 g/mol. The highest BCUT2D eigenvalue weighted by atomic mass is 32.2. The molecule has 0 radical (unpaired) electrons. The van der Waals surface area contributed by atoms with Crippen LogP contribution in [0.2, 0.25) is 18.1 Å². The van der Waals surface area contributed by atoms with E-state index in [-0.39, 0.29) is 5.04 Å². The number of carbonyl (C=O) groups is 1. The molecule has 8 heteroatoms. The van der Waals surface area contributed by atoms with Crippen molar-refractivity contribution in [1.82, 2.24) is 4.98 Å². The molecule has 1 aromatic carbocycles. The van der Waals surface area contributed by atoms with Crippen LogP contribution < -0.4 is 4.43 Å². The second-order valence-corrected chi connectivity index (χ2v) is 16.3. The molecule has 1 atom stereocenters. The Morgan fingerprint density at radius 3 is 2.52 bits per heavy atom. The first kappa shape index (κ1) is 20.4. The summed E-state index contributed by atoms with van der Waals surface area (Å²) in [6, 6.07) is 5.23. The normalized spacial score (nSPS) is 20.0. The van der Waals surface area contributed by atoms with E-state index in [2.05, 4.69) is 43.8 Å². The number of aliphatic carboxylic acids is 1. The first-order valence-corrected chi connectivity index (χ1v) is 13.4. The summed E-state index contributed by atoms with van der Waals surface area (Å²) in [6.07, 6.45) is 0. The quantitative estimate of drug-likeness (QED) is 0.667. The van der Waals surface area contributed by atoms with E-state index in [0.29, 0.717) is 5.04 Å². The van der Waals surface area contributed by atoms with Gasteiger partial charge in [0.25, 0.3) is 0 Å². The summed E-state index contributed by atoms with van der Waals surface area (Å²) in [6.45, 7) is 14.9. The molecule has 1 aromatic heterocycles. The highest BCUT2D eigenvalue weighted by Gasteiger charge is 2.43. The van der Waals surface area contributed by atoms with Crippen molar-refractivity contribution in [2.45, 2.75) is 63.5 Å². The van der Waals surface area contributed by atoms with Crippen molar-refractivity contribution in [3.63, 3.8) is 0 Å². The fourth-order valence-corrected chi connectivity index (χ4v) is 5.78. The lowest BCUT2D eigenvalue weighted by atomic mass is 10.0. The van der Waals surface area contributed by atoms with Crippen LogP contribution in [0.3, 0.4) is 0 Å². The van der Waals surface area contributed by atoms with Crippen LogP contribution in [0.1, 0.15) is 39.6 Å². The Kier molecular flexibility index (Phi) is 4.97. The minimum absolute atomic E-state index is 0.132. The van der Waals surface area contributed by atoms with Crippen LogP contribution in [0.25, 0.3) is 10.2 Å². The van der Waals surface area contributed by atoms with Gasteiger partial charge >= 0.3 is 5.97 Å². The van der Waals surface area contributed by atoms with E-state index in [9.17, 15) is 9.90 Å². The number of thioether (sulfide) groups is 1. The predicted molar refractivity (Wildman–Crippen MR) is 117 cm³/mol. The van der Waals surface area contributed by atoms with E-state index in [1.54, 1.807) is 0 Å². The molecule has 146 valence electrons. The number of carboxylic acids is 1. The average molecular weight is 423 g/mol. The van der Waals surface area contributed by atoms with Crippen LogP contribution in [0.4, 0.5) is 0 Å². The summed E-state index contributed by atoms with van der Waals surface area (Å²) >= 11 is 3.02. The van der Waals surface area contributed by atoms with Gasteiger partial charge in [-0.25, -0.2) is 9.78 Å². The van der Waals surface area contributed by atoms with Crippen LogP contribution in [0, 0.1) is 0 Å². The van der Waals surface area contributed by atoms with E-state index in [4.69, 9.17) is 4.43 Å². The molecule has 1 unspecified atom stereocenters. The number of nitrogens with zero attached hydrogens (tertiary/aromatic N) is 2. The van der Waals surface area contributed by atoms with E-state index in [1.807, 2.05) is 32.0 Å². The van der Waals surface area contributed by atoms with Gasteiger partial charge in [-0.3, -0.25) is 4.99 Å². The third-order valence-electron chi connectivity index (χ3n) is 5.22. The van der Waals surface area contributed by atoms with Gasteiger partial charge in [-0.2, -0.15) is 0 Å². The van der Waals surface area contributed by atoms with Crippen LogP contribution in [0.5, 0.6) is 5.75 Å². The minimum Gasteiger partial charge on any atom is -0.543 e. The minimum atomic E-state index is -1.90. The zero-order chi connectivity index (χ0) is 20.2. The van der Waals surface area contributed by atoms with Gasteiger partial charge in [-0.15, -0.1) is 11.3 Å². The second-order valence-electron chi connectivity index (χ2n) is 8.89. The zero-order valence-electron chi connectivity index (χ0n) is 16.8. The van der Waals surface area contributed by atoms with Crippen molar-refractivity contribution >= 4 is 52.6 Å².